The number of alkyl carbamates (subject to hydrolysis) is 1. The molecule has 2 fully saturated rings. The minimum Gasteiger partial charge on any atom is -0.465 e. The Morgan fingerprint density at radius 3 is 1.87 bits per heavy atom. The molecule has 418 valence electrons. The van der Waals surface area contributed by atoms with Crippen molar-refractivity contribution in [1.82, 2.24) is 46.0 Å². The van der Waals surface area contributed by atoms with Crippen molar-refractivity contribution in [2.24, 2.45) is 22.7 Å². The van der Waals surface area contributed by atoms with Gasteiger partial charge in [0.2, 0.25) is 5.91 Å². The molecular formula is C50H56F10N10O7. The molecule has 4 heterocycles. The predicted molar refractivity (Wildman–Crippen MR) is 256 cm³/mol. The summed E-state index contributed by atoms with van der Waals surface area (Å²) < 4.78 is 150. The number of amides is 4. The van der Waals surface area contributed by atoms with E-state index in [0.29, 0.717) is 67.8 Å². The summed E-state index contributed by atoms with van der Waals surface area (Å²) in [6.45, 7) is 0.464. The number of hydrogen-bond donors (Lipinski definition) is 6. The lowest BCUT2D eigenvalue weighted by Gasteiger charge is -2.38. The molecule has 0 spiro atoms. The third kappa shape index (κ3) is 14.3. The maximum Gasteiger partial charge on any atom is 0.407 e. The van der Waals surface area contributed by atoms with Crippen molar-refractivity contribution in [2.75, 3.05) is 51.8 Å². The number of hydrazine groups is 1. The first-order chi connectivity index (χ1) is 35.9. The number of benzene rings is 2. The molecule has 4 amide bonds. The second kappa shape index (κ2) is 23.6. The first-order valence-electron chi connectivity index (χ1n) is 23.7. The van der Waals surface area contributed by atoms with Crippen LogP contribution >= 0.6 is 0 Å². The van der Waals surface area contributed by atoms with E-state index in [9.17, 15) is 64.5 Å². The van der Waals surface area contributed by atoms with Crippen molar-refractivity contribution in [1.29, 1.82) is 0 Å². The van der Waals surface area contributed by atoms with Crippen LogP contribution in [0.1, 0.15) is 56.5 Å². The number of rotatable bonds is 18. The molecule has 0 radical (unpaired) electrons. The van der Waals surface area contributed by atoms with Gasteiger partial charge in [0.1, 0.15) is 29.5 Å². The van der Waals surface area contributed by atoms with Crippen LogP contribution in [0.5, 0.6) is 0 Å². The van der Waals surface area contributed by atoms with Crippen LogP contribution in [-0.2, 0) is 27.3 Å². The Labute approximate surface area is 435 Å². The zero-order valence-electron chi connectivity index (χ0n) is 42.2. The minimum atomic E-state index is -5.28. The highest BCUT2D eigenvalue weighted by Gasteiger charge is 2.57. The fraction of sp³-hybridized carbons (Fsp3) is 0.480. The van der Waals surface area contributed by atoms with Crippen molar-refractivity contribution < 1.29 is 78.0 Å². The van der Waals surface area contributed by atoms with E-state index in [1.165, 1.54) is 29.6 Å². The van der Waals surface area contributed by atoms with Crippen LogP contribution in [0.4, 0.5) is 59.3 Å². The molecule has 17 nitrogen and oxygen atoms in total. The van der Waals surface area contributed by atoms with Crippen LogP contribution in [0.2, 0.25) is 0 Å². The Kier molecular flexibility index (Phi) is 18.1. The molecule has 6 rings (SSSR count). The standard InChI is InChI=1S/C50H56F10N10O7/c1-47(2,49(55,56)57)40(64-46(76)77-6)42(72)62-37(17-28-10-7-27(8-11-28)9-12-29-13-14-39(61-20-29)68-23-31-21-67(5)22-32(31)24-68)38(71)26-69(66-43(73)41(63-45(74)75)48(3,4)50(58,59)60)25-33-34(51)18-30(19-35(33)52)36-15-16-70(65-36)44(53)54/h7-8,10-11,13-16,18-20,31-32,37-38,40-41,44,63,71H,17,21-26H2,1-6H3,(H,62,72)(H,64,76)(H,66,73)(H,74,75)/t31-,32+,37-,38-,40+,41+/m0/s1. The smallest absolute Gasteiger partial charge is 0.407 e. The van der Waals surface area contributed by atoms with Gasteiger partial charge in [-0.3, -0.25) is 15.0 Å². The van der Waals surface area contributed by atoms with Gasteiger partial charge in [0.15, 0.2) is 0 Å². The summed E-state index contributed by atoms with van der Waals surface area (Å²) in [5.74, 6) is 1.71. The number of alkyl halides is 8. The number of anilines is 1. The topological polar surface area (TPSA) is 207 Å². The summed E-state index contributed by atoms with van der Waals surface area (Å²) >= 11 is 0. The third-order valence-corrected chi connectivity index (χ3v) is 13.7. The quantitative estimate of drug-likeness (QED) is 0.0360. The number of nitrogens with zero attached hydrogens (tertiary/aromatic N) is 6. The molecule has 2 aliphatic rings. The molecule has 2 saturated heterocycles. The van der Waals surface area contributed by atoms with Gasteiger partial charge in [0, 0.05) is 73.9 Å². The van der Waals surface area contributed by atoms with E-state index in [-0.39, 0.29) is 21.5 Å². The first kappa shape index (κ1) is 59.1. The van der Waals surface area contributed by atoms with Gasteiger partial charge in [0.05, 0.1) is 35.8 Å². The zero-order valence-corrected chi connectivity index (χ0v) is 42.2. The normalized spacial score (nSPS) is 17.7. The van der Waals surface area contributed by atoms with E-state index in [0.717, 1.165) is 51.4 Å². The van der Waals surface area contributed by atoms with Crippen LogP contribution < -0.4 is 26.3 Å². The number of aliphatic hydroxyl groups is 1. The van der Waals surface area contributed by atoms with Crippen molar-refractivity contribution in [2.45, 2.75) is 83.8 Å². The van der Waals surface area contributed by atoms with Crippen LogP contribution in [0.25, 0.3) is 11.3 Å². The number of fused-ring (bicyclic) bond motifs is 1. The van der Waals surface area contributed by atoms with Crippen molar-refractivity contribution in [3.8, 4) is 23.1 Å². The van der Waals surface area contributed by atoms with Crippen molar-refractivity contribution in [3.63, 3.8) is 0 Å². The summed E-state index contributed by atoms with van der Waals surface area (Å²) in [6, 6.07) is 5.05. The molecule has 0 bridgehead atoms. The van der Waals surface area contributed by atoms with E-state index < -0.39 is 115 Å². The highest BCUT2D eigenvalue weighted by molar-refractivity contribution is 5.87. The zero-order chi connectivity index (χ0) is 56.9. The number of carbonyl (C=O) groups is 4. The molecular weight excluding hydrogens is 1040 g/mol. The highest BCUT2D eigenvalue weighted by atomic mass is 19.4. The van der Waals surface area contributed by atoms with Gasteiger partial charge in [-0.2, -0.15) is 40.2 Å². The molecule has 6 atom stereocenters. The molecule has 6 N–H and O–H groups in total. The highest BCUT2D eigenvalue weighted by Crippen LogP contribution is 2.42. The molecule has 77 heavy (non-hydrogen) atoms. The molecule has 27 heteroatoms. The van der Waals surface area contributed by atoms with Crippen molar-refractivity contribution >= 4 is 29.8 Å². The maximum atomic E-state index is 16.0. The van der Waals surface area contributed by atoms with E-state index in [2.05, 4.69) is 48.8 Å². The fourth-order valence-electron chi connectivity index (χ4n) is 8.93. The predicted octanol–water partition coefficient (Wildman–Crippen LogP) is 6.48. The number of carboxylic acid groups (broad SMARTS) is 1. The van der Waals surface area contributed by atoms with E-state index in [4.69, 9.17) is 0 Å². The monoisotopic (exact) mass is 1100 g/mol. The molecule has 2 aliphatic heterocycles. The van der Waals surface area contributed by atoms with Gasteiger partial charge in [0.25, 0.3) is 5.91 Å². The lowest BCUT2D eigenvalue weighted by molar-refractivity contribution is -0.221. The van der Waals surface area contributed by atoms with E-state index in [1.54, 1.807) is 6.20 Å². The molecule has 0 aliphatic carbocycles. The Hall–Kier alpha value is -7.18. The van der Waals surface area contributed by atoms with E-state index in [1.807, 2.05) is 22.9 Å². The van der Waals surface area contributed by atoms with Crippen LogP contribution in [0.15, 0.2) is 67.0 Å². The SMILES string of the molecule is COC(=O)N[C@H](C(=O)N[C@@H](Cc1ccc(C#Cc2ccc(N3C[C@H]4CN(C)C[C@H]4C3)nc2)cc1)[C@@H](O)CN(Cc1c(F)cc(-c2ccn(C(F)F)n2)cc1F)NC(=O)[C@@H](NC(=O)O)C(C)(C)C(F)(F)F)C(C)(C)C(F)(F)F. The van der Waals surface area contributed by atoms with Gasteiger partial charge in [-0.15, -0.1) is 0 Å². The number of ether oxygens (including phenoxy) is 1. The number of aromatic nitrogens is 3. The number of carbonyl (C=O) groups excluding carboxylic acids is 3. The second-order valence-corrected chi connectivity index (χ2v) is 20.0. The Balaban J connectivity index is 1.33. The van der Waals surface area contributed by atoms with Gasteiger partial charge < -0.3 is 40.7 Å². The number of likely N-dealkylation sites (tertiary alicyclic amines) is 1. The molecule has 2 aromatic carbocycles. The van der Waals surface area contributed by atoms with Crippen LogP contribution in [0.3, 0.4) is 0 Å². The second-order valence-electron chi connectivity index (χ2n) is 20.0. The summed E-state index contributed by atoms with van der Waals surface area (Å²) in [4.78, 5) is 61.1. The Morgan fingerprint density at radius 2 is 1.36 bits per heavy atom. The summed E-state index contributed by atoms with van der Waals surface area (Å²) in [7, 11) is 2.91. The molecule has 2 aromatic heterocycles. The maximum absolute atomic E-state index is 16.0. The van der Waals surface area contributed by atoms with Gasteiger partial charge in [-0.1, -0.05) is 24.0 Å². The first-order valence-corrected chi connectivity index (χ1v) is 23.7. The lowest BCUT2D eigenvalue weighted by Crippen LogP contribution is -2.63. The fourth-order valence-corrected chi connectivity index (χ4v) is 8.93. The summed E-state index contributed by atoms with van der Waals surface area (Å²) in [5, 5.41) is 31.0. The van der Waals surface area contributed by atoms with Crippen LogP contribution in [-0.4, -0.2) is 142 Å². The van der Waals surface area contributed by atoms with Crippen molar-refractivity contribution in [3.05, 3.63) is 101 Å². The third-order valence-electron chi connectivity index (χ3n) is 13.7. The Bertz CT molecular complexity index is 2780. The largest absolute Gasteiger partial charge is 0.465 e. The van der Waals surface area contributed by atoms with Gasteiger partial charge in [-0.25, -0.2) is 33.0 Å². The number of aliphatic hydroxyl groups excluding tert-OH is 1. The number of nitrogens with one attached hydrogen (secondary N) is 4. The summed E-state index contributed by atoms with van der Waals surface area (Å²) in [5.41, 5.74) is -4.65. The molecule has 0 unspecified atom stereocenters. The molecule has 0 saturated carbocycles. The number of pyridine rings is 1. The average Bonchev–Trinajstić information content (AvgIpc) is 4.09. The van der Waals surface area contributed by atoms with E-state index >= 15 is 8.78 Å². The Morgan fingerprint density at radius 1 is 0.805 bits per heavy atom. The van der Waals surface area contributed by atoms with Gasteiger partial charge in [-0.05, 0) is 101 Å². The van der Waals surface area contributed by atoms with Gasteiger partial charge >= 0.3 is 31.1 Å². The molecule has 4 aromatic rings. The number of methoxy groups -OCH3 is 1. The average molecular weight is 1100 g/mol. The number of halogens is 10. The summed E-state index contributed by atoms with van der Waals surface area (Å²) in [6.07, 6.45) is -14.3. The lowest BCUT2D eigenvalue weighted by atomic mass is 9.82. The van der Waals surface area contributed by atoms with Crippen LogP contribution in [0, 0.1) is 46.1 Å². The minimum absolute atomic E-state index is 0.187. The number of hydrogen-bond acceptors (Lipinski definition) is 11.